The average molecular weight is 344 g/mol. The van der Waals surface area contributed by atoms with Crippen molar-refractivity contribution in [1.82, 2.24) is 19.4 Å². The third kappa shape index (κ3) is 2.97. The van der Waals surface area contributed by atoms with Gasteiger partial charge in [-0.15, -0.1) is 0 Å². The second-order valence-corrected chi connectivity index (χ2v) is 6.97. The van der Waals surface area contributed by atoms with E-state index in [0.717, 1.165) is 50.5 Å². The molecule has 1 unspecified atom stereocenters. The summed E-state index contributed by atoms with van der Waals surface area (Å²) in [5, 5.41) is 0. The minimum absolute atomic E-state index is 0.0668. The zero-order valence-corrected chi connectivity index (χ0v) is 14.8. The maximum absolute atomic E-state index is 12.7. The summed E-state index contributed by atoms with van der Waals surface area (Å²) < 4.78 is 13.1. The van der Waals surface area contributed by atoms with Crippen molar-refractivity contribution in [3.05, 3.63) is 35.6 Å². The van der Waals surface area contributed by atoms with Gasteiger partial charge >= 0.3 is 0 Å². The Balaban J connectivity index is 1.53. The predicted molar refractivity (Wildman–Crippen MR) is 90.6 cm³/mol. The van der Waals surface area contributed by atoms with Crippen molar-refractivity contribution < 1.29 is 13.9 Å². The van der Waals surface area contributed by atoms with Crippen LogP contribution in [0.25, 0.3) is 0 Å². The third-order valence-electron chi connectivity index (χ3n) is 5.35. The van der Waals surface area contributed by atoms with E-state index in [2.05, 4.69) is 16.5 Å². The van der Waals surface area contributed by atoms with E-state index < -0.39 is 0 Å². The van der Waals surface area contributed by atoms with Crippen LogP contribution < -0.4 is 0 Å². The highest BCUT2D eigenvalue weighted by atomic mass is 16.5. The van der Waals surface area contributed by atoms with Gasteiger partial charge in [0.1, 0.15) is 5.82 Å². The van der Waals surface area contributed by atoms with E-state index >= 15 is 0 Å². The molecule has 2 aromatic heterocycles. The van der Waals surface area contributed by atoms with Crippen LogP contribution in [0.2, 0.25) is 0 Å². The van der Waals surface area contributed by atoms with E-state index in [4.69, 9.17) is 14.1 Å². The smallest absolute Gasteiger partial charge is 0.291 e. The van der Waals surface area contributed by atoms with Gasteiger partial charge in [0.05, 0.1) is 11.7 Å². The van der Waals surface area contributed by atoms with Crippen LogP contribution in [0.4, 0.5) is 0 Å². The molecule has 7 nitrogen and oxygen atoms in total. The number of imidazole rings is 1. The van der Waals surface area contributed by atoms with Crippen molar-refractivity contribution in [1.29, 1.82) is 0 Å². The van der Waals surface area contributed by atoms with Crippen molar-refractivity contribution in [2.45, 2.75) is 45.1 Å². The number of carbonyl (C=O) groups excluding carboxylic acids is 1. The maximum Gasteiger partial charge on any atom is 0.291 e. The Bertz CT molecular complexity index is 760. The summed E-state index contributed by atoms with van der Waals surface area (Å²) >= 11 is 0. The number of ether oxygens (including phenoxy) is 1. The third-order valence-corrected chi connectivity index (χ3v) is 5.35. The molecule has 4 rings (SSSR count). The van der Waals surface area contributed by atoms with Crippen LogP contribution in [0, 0.1) is 13.8 Å². The number of aryl methyl sites for hydroxylation is 2. The number of nitrogens with zero attached hydrogens (tertiary/aromatic N) is 4. The molecule has 4 heterocycles. The summed E-state index contributed by atoms with van der Waals surface area (Å²) in [4.78, 5) is 23.3. The molecule has 25 heavy (non-hydrogen) atoms. The number of hydrogen-bond acceptors (Lipinski definition) is 5. The number of likely N-dealkylation sites (tertiary alicyclic amines) is 1. The lowest BCUT2D eigenvalue weighted by Gasteiger charge is -2.25. The minimum atomic E-state index is -0.0668. The van der Waals surface area contributed by atoms with E-state index in [0.29, 0.717) is 23.9 Å². The Morgan fingerprint density at radius 2 is 2.00 bits per heavy atom. The SMILES string of the molecule is Cc1ncoc1C(=O)N1CCC(n2c(C)cnc2C2CCOCC2)C1. The summed E-state index contributed by atoms with van der Waals surface area (Å²) in [5.74, 6) is 1.88. The quantitative estimate of drug-likeness (QED) is 0.855. The first-order valence-electron chi connectivity index (χ1n) is 8.96. The lowest BCUT2D eigenvalue weighted by molar-refractivity contribution is 0.0753. The zero-order chi connectivity index (χ0) is 17.4. The molecule has 2 fully saturated rings. The zero-order valence-electron chi connectivity index (χ0n) is 14.8. The molecule has 0 aromatic carbocycles. The molecule has 7 heteroatoms. The van der Waals surface area contributed by atoms with Crippen LogP contribution in [-0.2, 0) is 4.74 Å². The van der Waals surface area contributed by atoms with Crippen molar-refractivity contribution >= 4 is 5.91 Å². The average Bonchev–Trinajstić information content (AvgIpc) is 3.34. The Morgan fingerprint density at radius 1 is 1.20 bits per heavy atom. The number of aromatic nitrogens is 3. The number of rotatable bonds is 3. The van der Waals surface area contributed by atoms with Gasteiger partial charge < -0.3 is 18.6 Å². The van der Waals surface area contributed by atoms with E-state index in [9.17, 15) is 4.79 Å². The highest BCUT2D eigenvalue weighted by molar-refractivity contribution is 5.92. The molecule has 2 aromatic rings. The fourth-order valence-electron chi connectivity index (χ4n) is 3.99. The number of carbonyl (C=O) groups is 1. The van der Waals surface area contributed by atoms with Gasteiger partial charge in [0, 0.05) is 44.1 Å². The first-order valence-corrected chi connectivity index (χ1v) is 8.96. The number of amides is 1. The molecule has 0 N–H and O–H groups in total. The van der Waals surface area contributed by atoms with Crippen molar-refractivity contribution in [3.8, 4) is 0 Å². The molecule has 1 atom stereocenters. The predicted octanol–water partition coefficient (Wildman–Crippen LogP) is 2.47. The Kier molecular flexibility index (Phi) is 4.33. The summed E-state index contributed by atoms with van der Waals surface area (Å²) in [6.45, 7) is 6.92. The summed E-state index contributed by atoms with van der Waals surface area (Å²) in [6.07, 6.45) is 6.26. The molecule has 0 spiro atoms. The monoisotopic (exact) mass is 344 g/mol. The minimum Gasteiger partial charge on any atom is -0.438 e. The van der Waals surface area contributed by atoms with Gasteiger partial charge in [0.25, 0.3) is 5.91 Å². The van der Waals surface area contributed by atoms with Gasteiger partial charge in [0.15, 0.2) is 6.39 Å². The van der Waals surface area contributed by atoms with Crippen LogP contribution in [0.1, 0.15) is 59.0 Å². The van der Waals surface area contributed by atoms with E-state index in [-0.39, 0.29) is 11.9 Å². The molecule has 2 saturated heterocycles. The van der Waals surface area contributed by atoms with Gasteiger partial charge in [-0.1, -0.05) is 0 Å². The van der Waals surface area contributed by atoms with Crippen LogP contribution >= 0.6 is 0 Å². The standard InChI is InChI=1S/C18H24N4O3/c1-12-9-19-17(14-4-7-24-8-5-14)22(12)15-3-6-21(10-15)18(23)16-13(2)20-11-25-16/h9,11,14-15H,3-8,10H2,1-2H3. The normalized spacial score (nSPS) is 21.8. The first-order chi connectivity index (χ1) is 12.1. The van der Waals surface area contributed by atoms with Gasteiger partial charge in [-0.05, 0) is 33.1 Å². The lowest BCUT2D eigenvalue weighted by atomic mass is 9.99. The second-order valence-electron chi connectivity index (χ2n) is 6.97. The van der Waals surface area contributed by atoms with Gasteiger partial charge in [-0.25, -0.2) is 9.97 Å². The molecule has 0 radical (unpaired) electrons. The molecule has 0 saturated carbocycles. The fourth-order valence-corrected chi connectivity index (χ4v) is 3.99. The summed E-state index contributed by atoms with van der Waals surface area (Å²) in [6, 6.07) is 0.271. The van der Waals surface area contributed by atoms with Crippen molar-refractivity contribution in [3.63, 3.8) is 0 Å². The summed E-state index contributed by atoms with van der Waals surface area (Å²) in [7, 11) is 0. The molecular weight excluding hydrogens is 320 g/mol. The van der Waals surface area contributed by atoms with Gasteiger partial charge in [0.2, 0.25) is 5.76 Å². The number of oxazole rings is 1. The molecule has 0 aliphatic carbocycles. The highest BCUT2D eigenvalue weighted by Gasteiger charge is 2.33. The molecule has 1 amide bonds. The highest BCUT2D eigenvalue weighted by Crippen LogP contribution is 2.32. The lowest BCUT2D eigenvalue weighted by Crippen LogP contribution is -2.30. The van der Waals surface area contributed by atoms with E-state index in [1.807, 2.05) is 11.1 Å². The molecule has 0 bridgehead atoms. The maximum atomic E-state index is 12.7. The second kappa shape index (κ2) is 6.63. The van der Waals surface area contributed by atoms with Crippen LogP contribution in [0.5, 0.6) is 0 Å². The van der Waals surface area contributed by atoms with E-state index in [1.165, 1.54) is 6.39 Å². The van der Waals surface area contributed by atoms with Crippen LogP contribution in [-0.4, -0.2) is 51.6 Å². The van der Waals surface area contributed by atoms with Crippen LogP contribution in [0.3, 0.4) is 0 Å². The largest absolute Gasteiger partial charge is 0.438 e. The Morgan fingerprint density at radius 3 is 2.72 bits per heavy atom. The topological polar surface area (TPSA) is 73.4 Å². The van der Waals surface area contributed by atoms with Crippen molar-refractivity contribution in [2.24, 2.45) is 0 Å². The van der Waals surface area contributed by atoms with Crippen LogP contribution in [0.15, 0.2) is 17.0 Å². The first kappa shape index (κ1) is 16.3. The molecular formula is C18H24N4O3. The number of hydrogen-bond donors (Lipinski definition) is 0. The van der Waals surface area contributed by atoms with E-state index in [1.54, 1.807) is 6.92 Å². The summed E-state index contributed by atoms with van der Waals surface area (Å²) in [5.41, 5.74) is 1.81. The fraction of sp³-hybridized carbons (Fsp3) is 0.611. The van der Waals surface area contributed by atoms with Crippen molar-refractivity contribution in [2.75, 3.05) is 26.3 Å². The Hall–Kier alpha value is -2.15. The van der Waals surface area contributed by atoms with Gasteiger partial charge in [-0.3, -0.25) is 4.79 Å². The molecule has 2 aliphatic rings. The molecule has 134 valence electrons. The molecule has 2 aliphatic heterocycles. The van der Waals surface area contributed by atoms with Gasteiger partial charge in [-0.2, -0.15) is 0 Å². The Labute approximate surface area is 147 Å².